The molecule has 1 aliphatic rings. The van der Waals surface area contributed by atoms with Crippen LogP contribution >= 0.6 is 15.9 Å². The first kappa shape index (κ1) is 16.5. The van der Waals surface area contributed by atoms with Gasteiger partial charge in [0.05, 0.1) is 11.8 Å². The normalized spacial score (nSPS) is 17.4. The fraction of sp³-hybridized carbons (Fsp3) is 0.667. The minimum absolute atomic E-state index is 0.00703. The van der Waals surface area contributed by atoms with E-state index in [0.29, 0.717) is 16.3 Å². The monoisotopic (exact) mass is 357 g/mol. The highest BCUT2D eigenvalue weighted by molar-refractivity contribution is 9.10. The number of likely N-dealkylation sites (tertiary alicyclic amines) is 1. The molecule has 2 rings (SSSR count). The highest BCUT2D eigenvalue weighted by atomic mass is 79.9. The largest absolute Gasteiger partial charge is 0.457 e. The number of carbonyl (C=O) groups is 1. The van der Waals surface area contributed by atoms with E-state index >= 15 is 0 Å². The van der Waals surface area contributed by atoms with Crippen LogP contribution in [0.4, 0.5) is 0 Å². The molecule has 6 heteroatoms. The summed E-state index contributed by atoms with van der Waals surface area (Å²) in [5.74, 6) is -0.00703. The third kappa shape index (κ3) is 4.31. The summed E-state index contributed by atoms with van der Waals surface area (Å²) in [7, 11) is 6.16. The second-order valence-corrected chi connectivity index (χ2v) is 6.57. The minimum atomic E-state index is -0.00703. The third-order valence-corrected chi connectivity index (χ3v) is 4.91. The summed E-state index contributed by atoms with van der Waals surface area (Å²) < 4.78 is 5.62. The molecule has 118 valence electrons. The summed E-state index contributed by atoms with van der Waals surface area (Å²) in [6.45, 7) is 3.93. The van der Waals surface area contributed by atoms with Crippen LogP contribution in [0.3, 0.4) is 0 Å². The average Bonchev–Trinajstić information content (AvgIpc) is 2.90. The predicted octanol–water partition coefficient (Wildman–Crippen LogP) is 2.14. The lowest BCUT2D eigenvalue weighted by Crippen LogP contribution is -2.44. The molecule has 1 aliphatic heterocycles. The SMILES string of the molecule is CN1CCC(N(C)CCN(C)C(=O)c2ccoc2Br)CC1. The number of likely N-dealkylation sites (N-methyl/N-ethyl adjacent to an activating group) is 2. The van der Waals surface area contributed by atoms with Gasteiger partial charge in [0.1, 0.15) is 0 Å². The van der Waals surface area contributed by atoms with Crippen LogP contribution in [0.5, 0.6) is 0 Å². The van der Waals surface area contributed by atoms with Crippen molar-refractivity contribution in [3.05, 3.63) is 22.6 Å². The van der Waals surface area contributed by atoms with Crippen molar-refractivity contribution >= 4 is 21.8 Å². The zero-order chi connectivity index (χ0) is 15.4. The lowest BCUT2D eigenvalue weighted by Gasteiger charge is -2.35. The Labute approximate surface area is 135 Å². The van der Waals surface area contributed by atoms with Crippen molar-refractivity contribution in [2.45, 2.75) is 18.9 Å². The number of nitrogens with zero attached hydrogens (tertiary/aromatic N) is 3. The van der Waals surface area contributed by atoms with Crippen LogP contribution in [0.2, 0.25) is 0 Å². The fourth-order valence-corrected chi connectivity index (χ4v) is 3.09. The fourth-order valence-electron chi connectivity index (χ4n) is 2.68. The Bertz CT molecular complexity index is 469. The molecule has 0 aliphatic carbocycles. The van der Waals surface area contributed by atoms with Gasteiger partial charge in [-0.3, -0.25) is 4.79 Å². The van der Waals surface area contributed by atoms with E-state index in [4.69, 9.17) is 4.42 Å². The third-order valence-electron chi connectivity index (χ3n) is 4.29. The smallest absolute Gasteiger partial charge is 0.258 e. The first-order chi connectivity index (χ1) is 9.99. The summed E-state index contributed by atoms with van der Waals surface area (Å²) >= 11 is 3.25. The Morgan fingerprint density at radius 2 is 2.05 bits per heavy atom. The quantitative estimate of drug-likeness (QED) is 0.809. The van der Waals surface area contributed by atoms with Crippen molar-refractivity contribution in [3.8, 4) is 0 Å². The number of furan rings is 1. The molecule has 1 saturated heterocycles. The topological polar surface area (TPSA) is 39.9 Å². The molecule has 0 N–H and O–H groups in total. The van der Waals surface area contributed by atoms with E-state index in [-0.39, 0.29) is 5.91 Å². The Morgan fingerprint density at radius 3 is 2.62 bits per heavy atom. The van der Waals surface area contributed by atoms with Crippen molar-refractivity contribution in [1.82, 2.24) is 14.7 Å². The second-order valence-electron chi connectivity index (χ2n) is 5.85. The van der Waals surface area contributed by atoms with Crippen LogP contribution in [0.15, 0.2) is 21.4 Å². The van der Waals surface area contributed by atoms with E-state index in [9.17, 15) is 4.79 Å². The van der Waals surface area contributed by atoms with Crippen LogP contribution in [0.1, 0.15) is 23.2 Å². The van der Waals surface area contributed by atoms with Gasteiger partial charge in [0.2, 0.25) is 0 Å². The lowest BCUT2D eigenvalue weighted by molar-refractivity contribution is 0.0756. The zero-order valence-corrected chi connectivity index (χ0v) is 14.6. The van der Waals surface area contributed by atoms with Gasteiger partial charge in [-0.15, -0.1) is 0 Å². The molecule has 0 spiro atoms. The molecule has 0 bridgehead atoms. The Balaban J connectivity index is 1.79. The molecule has 1 amide bonds. The predicted molar refractivity (Wildman–Crippen MR) is 86.5 cm³/mol. The molecule has 0 atom stereocenters. The molecule has 0 saturated carbocycles. The van der Waals surface area contributed by atoms with Crippen LogP contribution < -0.4 is 0 Å². The maximum absolute atomic E-state index is 12.3. The molecule has 21 heavy (non-hydrogen) atoms. The number of carbonyl (C=O) groups excluding carboxylic acids is 1. The molecule has 0 radical (unpaired) electrons. The second kappa shape index (κ2) is 7.42. The van der Waals surface area contributed by atoms with E-state index in [1.165, 1.54) is 19.1 Å². The van der Waals surface area contributed by atoms with Crippen molar-refractivity contribution in [3.63, 3.8) is 0 Å². The van der Waals surface area contributed by atoms with Crippen molar-refractivity contribution in [1.29, 1.82) is 0 Å². The van der Waals surface area contributed by atoms with E-state index in [2.05, 4.69) is 39.8 Å². The van der Waals surface area contributed by atoms with Gasteiger partial charge in [-0.1, -0.05) is 0 Å². The van der Waals surface area contributed by atoms with Gasteiger partial charge in [-0.05, 0) is 62.0 Å². The lowest BCUT2D eigenvalue weighted by atomic mass is 10.0. The Kier molecular flexibility index (Phi) is 5.84. The number of hydrogen-bond donors (Lipinski definition) is 0. The van der Waals surface area contributed by atoms with Crippen molar-refractivity contribution in [2.24, 2.45) is 0 Å². The molecule has 0 aromatic carbocycles. The van der Waals surface area contributed by atoms with Gasteiger partial charge in [0.25, 0.3) is 5.91 Å². The van der Waals surface area contributed by atoms with E-state index < -0.39 is 0 Å². The number of halogens is 1. The van der Waals surface area contributed by atoms with Crippen LogP contribution in [-0.2, 0) is 0 Å². The number of piperidine rings is 1. The zero-order valence-electron chi connectivity index (χ0n) is 13.0. The van der Waals surface area contributed by atoms with Gasteiger partial charge in [0.15, 0.2) is 4.67 Å². The summed E-state index contributed by atoms with van der Waals surface area (Å²) in [6, 6.07) is 2.33. The maximum atomic E-state index is 12.3. The molecular formula is C15H24BrN3O2. The van der Waals surface area contributed by atoms with E-state index in [1.54, 1.807) is 11.0 Å². The Hall–Kier alpha value is -0.850. The van der Waals surface area contributed by atoms with Crippen LogP contribution in [0, 0.1) is 0 Å². The first-order valence-electron chi connectivity index (χ1n) is 7.36. The summed E-state index contributed by atoms with van der Waals surface area (Å²) in [5, 5.41) is 0. The molecule has 5 nitrogen and oxygen atoms in total. The van der Waals surface area contributed by atoms with Crippen molar-refractivity contribution in [2.75, 3.05) is 47.3 Å². The molecular weight excluding hydrogens is 334 g/mol. The number of amides is 1. The number of rotatable bonds is 5. The summed E-state index contributed by atoms with van der Waals surface area (Å²) in [6.07, 6.45) is 3.94. The highest BCUT2D eigenvalue weighted by Gasteiger charge is 2.22. The average molecular weight is 358 g/mol. The molecule has 1 fully saturated rings. The van der Waals surface area contributed by atoms with Gasteiger partial charge >= 0.3 is 0 Å². The summed E-state index contributed by atoms with van der Waals surface area (Å²) in [5.41, 5.74) is 0.583. The summed E-state index contributed by atoms with van der Waals surface area (Å²) in [4.78, 5) is 18.8. The minimum Gasteiger partial charge on any atom is -0.457 e. The van der Waals surface area contributed by atoms with Gasteiger partial charge in [-0.25, -0.2) is 0 Å². The standard InChI is InChI=1S/C15H24BrN3O2/c1-17-7-4-12(5-8-17)18(2)9-10-19(3)15(20)13-6-11-21-14(13)16/h6,11-12H,4-5,7-10H2,1-3H3. The Morgan fingerprint density at radius 1 is 1.38 bits per heavy atom. The van der Waals surface area contributed by atoms with Crippen LogP contribution in [-0.4, -0.2) is 74.0 Å². The first-order valence-corrected chi connectivity index (χ1v) is 8.15. The van der Waals surface area contributed by atoms with E-state index in [1.807, 2.05) is 7.05 Å². The highest BCUT2D eigenvalue weighted by Crippen LogP contribution is 2.19. The van der Waals surface area contributed by atoms with Crippen molar-refractivity contribution < 1.29 is 9.21 Å². The van der Waals surface area contributed by atoms with Gasteiger partial charge in [-0.2, -0.15) is 0 Å². The van der Waals surface area contributed by atoms with Crippen LogP contribution in [0.25, 0.3) is 0 Å². The molecule has 2 heterocycles. The number of hydrogen-bond acceptors (Lipinski definition) is 4. The molecule has 0 unspecified atom stereocenters. The van der Waals surface area contributed by atoms with Gasteiger partial charge in [0, 0.05) is 26.2 Å². The van der Waals surface area contributed by atoms with Gasteiger partial charge < -0.3 is 19.1 Å². The molecule has 1 aromatic heterocycles. The molecule has 1 aromatic rings. The maximum Gasteiger partial charge on any atom is 0.258 e. The van der Waals surface area contributed by atoms with E-state index in [0.717, 1.165) is 26.2 Å².